The third kappa shape index (κ3) is 3.08. The van der Waals surface area contributed by atoms with Crippen LogP contribution in [0.2, 0.25) is 0 Å². The SMILES string of the molecule is CC[C@H]1c2ccsc2CCN1Cn1nnn(-c2ccc(OC)cc2)c1=S. The van der Waals surface area contributed by atoms with E-state index in [0.29, 0.717) is 17.5 Å². The minimum atomic E-state index is 0.415. The third-order valence-electron chi connectivity index (χ3n) is 4.86. The van der Waals surface area contributed by atoms with E-state index in [1.165, 1.54) is 10.4 Å². The van der Waals surface area contributed by atoms with Crippen molar-refractivity contribution in [2.75, 3.05) is 13.7 Å². The molecule has 1 aliphatic rings. The van der Waals surface area contributed by atoms with E-state index in [0.717, 1.165) is 30.8 Å². The van der Waals surface area contributed by atoms with Crippen molar-refractivity contribution in [3.05, 3.63) is 50.9 Å². The molecule has 6 nitrogen and oxygen atoms in total. The molecule has 1 aromatic carbocycles. The molecule has 2 aromatic heterocycles. The minimum absolute atomic E-state index is 0.415. The molecular formula is C18H21N5OS2. The first kappa shape index (κ1) is 17.4. The molecule has 0 aliphatic carbocycles. The van der Waals surface area contributed by atoms with Gasteiger partial charge in [-0.15, -0.1) is 11.3 Å². The van der Waals surface area contributed by atoms with Gasteiger partial charge in [-0.1, -0.05) is 6.92 Å². The number of rotatable bonds is 5. The maximum atomic E-state index is 5.62. The van der Waals surface area contributed by atoms with Crippen molar-refractivity contribution in [2.45, 2.75) is 32.5 Å². The van der Waals surface area contributed by atoms with E-state index in [4.69, 9.17) is 17.0 Å². The third-order valence-corrected chi connectivity index (χ3v) is 6.24. The first-order chi connectivity index (χ1) is 12.7. The van der Waals surface area contributed by atoms with Crippen LogP contribution in [-0.2, 0) is 13.1 Å². The van der Waals surface area contributed by atoms with Crippen LogP contribution in [0.15, 0.2) is 35.7 Å². The molecule has 0 amide bonds. The fourth-order valence-electron chi connectivity index (χ4n) is 3.52. The van der Waals surface area contributed by atoms with Gasteiger partial charge in [0.05, 0.1) is 19.5 Å². The van der Waals surface area contributed by atoms with Gasteiger partial charge < -0.3 is 4.74 Å². The first-order valence-electron chi connectivity index (χ1n) is 8.68. The predicted octanol–water partition coefficient (Wildman–Crippen LogP) is 3.84. The van der Waals surface area contributed by atoms with Crippen LogP contribution in [-0.4, -0.2) is 38.3 Å². The molecule has 0 radical (unpaired) electrons. The number of hydrogen-bond acceptors (Lipinski definition) is 6. The molecular weight excluding hydrogens is 366 g/mol. The molecule has 0 fully saturated rings. The lowest BCUT2D eigenvalue weighted by molar-refractivity contribution is 0.128. The van der Waals surface area contributed by atoms with Gasteiger partial charge in [-0.2, -0.15) is 4.68 Å². The zero-order valence-electron chi connectivity index (χ0n) is 14.8. The molecule has 0 spiro atoms. The van der Waals surface area contributed by atoms with E-state index in [1.54, 1.807) is 16.5 Å². The highest BCUT2D eigenvalue weighted by Gasteiger charge is 2.27. The lowest BCUT2D eigenvalue weighted by Gasteiger charge is -2.34. The highest BCUT2D eigenvalue weighted by atomic mass is 32.1. The summed E-state index contributed by atoms with van der Waals surface area (Å²) in [5.41, 5.74) is 2.34. The van der Waals surface area contributed by atoms with Crippen LogP contribution in [0.5, 0.6) is 5.75 Å². The Bertz CT molecular complexity index is 943. The number of hydrogen-bond donors (Lipinski definition) is 0. The molecule has 1 atom stereocenters. The Kier molecular flexibility index (Phi) is 4.88. The van der Waals surface area contributed by atoms with Gasteiger partial charge in [-0.05, 0) is 76.8 Å². The van der Waals surface area contributed by atoms with Crippen molar-refractivity contribution in [3.8, 4) is 11.4 Å². The van der Waals surface area contributed by atoms with Gasteiger partial charge in [-0.3, -0.25) is 4.90 Å². The standard InChI is InChI=1S/C18H21N5OS2/c1-3-16-15-9-11-26-17(15)8-10-21(16)12-22-18(25)23(20-19-22)13-4-6-14(24-2)7-5-13/h4-7,9,11,16H,3,8,10,12H2,1-2H3/t16-/m0/s1. The second-order valence-electron chi connectivity index (χ2n) is 6.30. The summed E-state index contributed by atoms with van der Waals surface area (Å²) in [4.78, 5) is 3.95. The van der Waals surface area contributed by atoms with E-state index in [2.05, 4.69) is 33.7 Å². The van der Waals surface area contributed by atoms with Crippen molar-refractivity contribution < 1.29 is 4.74 Å². The lowest BCUT2D eigenvalue weighted by atomic mass is 9.98. The summed E-state index contributed by atoms with van der Waals surface area (Å²) in [5, 5.41) is 10.7. The lowest BCUT2D eigenvalue weighted by Crippen LogP contribution is -2.36. The molecule has 0 N–H and O–H groups in total. The number of aromatic nitrogens is 4. The van der Waals surface area contributed by atoms with E-state index < -0.39 is 0 Å². The summed E-state index contributed by atoms with van der Waals surface area (Å²) >= 11 is 7.48. The summed E-state index contributed by atoms with van der Waals surface area (Å²) in [6.07, 6.45) is 2.16. The minimum Gasteiger partial charge on any atom is -0.497 e. The van der Waals surface area contributed by atoms with Crippen molar-refractivity contribution in [2.24, 2.45) is 0 Å². The number of tetrazole rings is 1. The molecule has 0 bridgehead atoms. The van der Waals surface area contributed by atoms with Gasteiger partial charge in [0.25, 0.3) is 0 Å². The molecule has 3 heterocycles. The highest BCUT2D eigenvalue weighted by Crippen LogP contribution is 2.35. The van der Waals surface area contributed by atoms with E-state index >= 15 is 0 Å². The summed E-state index contributed by atoms with van der Waals surface area (Å²) < 4.78 is 9.30. The molecule has 4 rings (SSSR count). The Morgan fingerprint density at radius 2 is 2.04 bits per heavy atom. The fourth-order valence-corrected chi connectivity index (χ4v) is 4.68. The Morgan fingerprint density at radius 3 is 2.77 bits per heavy atom. The van der Waals surface area contributed by atoms with Gasteiger partial charge in [-0.25, -0.2) is 4.68 Å². The quantitative estimate of drug-likeness (QED) is 0.623. The normalized spacial score (nSPS) is 17.2. The maximum absolute atomic E-state index is 5.62. The van der Waals surface area contributed by atoms with Crippen molar-refractivity contribution in [1.82, 2.24) is 24.7 Å². The Balaban J connectivity index is 1.58. The van der Waals surface area contributed by atoms with Crippen molar-refractivity contribution >= 4 is 23.6 Å². The van der Waals surface area contributed by atoms with Crippen LogP contribution in [0.3, 0.4) is 0 Å². The van der Waals surface area contributed by atoms with Gasteiger partial charge in [0, 0.05) is 17.5 Å². The summed E-state index contributed by atoms with van der Waals surface area (Å²) in [7, 11) is 1.65. The summed E-state index contributed by atoms with van der Waals surface area (Å²) in [6.45, 7) is 3.91. The molecule has 1 aliphatic heterocycles. The van der Waals surface area contributed by atoms with E-state index in [9.17, 15) is 0 Å². The molecule has 0 unspecified atom stereocenters. The van der Waals surface area contributed by atoms with Gasteiger partial charge >= 0.3 is 0 Å². The van der Waals surface area contributed by atoms with Crippen LogP contribution >= 0.6 is 23.6 Å². The molecule has 136 valence electrons. The van der Waals surface area contributed by atoms with Gasteiger partial charge in [0.2, 0.25) is 4.77 Å². The zero-order valence-corrected chi connectivity index (χ0v) is 16.5. The second-order valence-corrected chi connectivity index (χ2v) is 7.66. The van der Waals surface area contributed by atoms with E-state index in [-0.39, 0.29) is 0 Å². The fraction of sp³-hybridized carbons (Fsp3) is 0.389. The first-order valence-corrected chi connectivity index (χ1v) is 9.97. The average molecular weight is 388 g/mol. The summed E-state index contributed by atoms with van der Waals surface area (Å²) in [6, 6.07) is 10.3. The number of methoxy groups -OCH3 is 1. The Labute approximate surface area is 161 Å². The van der Waals surface area contributed by atoms with Gasteiger partial charge in [0.1, 0.15) is 5.75 Å². The van der Waals surface area contributed by atoms with Crippen molar-refractivity contribution in [1.29, 1.82) is 0 Å². The Morgan fingerprint density at radius 1 is 1.23 bits per heavy atom. The van der Waals surface area contributed by atoms with Crippen LogP contribution < -0.4 is 4.74 Å². The van der Waals surface area contributed by atoms with Crippen molar-refractivity contribution in [3.63, 3.8) is 0 Å². The number of ether oxygens (including phenoxy) is 1. The number of fused-ring (bicyclic) bond motifs is 1. The van der Waals surface area contributed by atoms with Crippen LogP contribution in [0.4, 0.5) is 0 Å². The van der Waals surface area contributed by atoms with Gasteiger partial charge in [0.15, 0.2) is 0 Å². The number of thiophene rings is 1. The molecule has 3 aromatic rings. The zero-order chi connectivity index (χ0) is 18.1. The highest BCUT2D eigenvalue weighted by molar-refractivity contribution is 7.71. The van der Waals surface area contributed by atoms with Crippen LogP contribution in [0, 0.1) is 4.77 Å². The largest absolute Gasteiger partial charge is 0.497 e. The molecule has 0 saturated heterocycles. The predicted molar refractivity (Wildman–Crippen MR) is 104 cm³/mol. The van der Waals surface area contributed by atoms with E-state index in [1.807, 2.05) is 35.6 Å². The monoisotopic (exact) mass is 387 g/mol. The summed E-state index contributed by atoms with van der Waals surface area (Å²) in [5.74, 6) is 0.804. The molecule has 8 heteroatoms. The molecule has 26 heavy (non-hydrogen) atoms. The second kappa shape index (κ2) is 7.30. The smallest absolute Gasteiger partial charge is 0.221 e. The van der Waals surface area contributed by atoms with Crippen LogP contribution in [0.1, 0.15) is 29.8 Å². The van der Waals surface area contributed by atoms with Crippen LogP contribution in [0.25, 0.3) is 5.69 Å². The average Bonchev–Trinajstić information content (AvgIpc) is 3.29. The Hall–Kier alpha value is -2.03. The maximum Gasteiger partial charge on any atom is 0.221 e. The topological polar surface area (TPSA) is 48.1 Å². The number of nitrogens with zero attached hydrogens (tertiary/aromatic N) is 5. The molecule has 0 saturated carbocycles. The number of benzene rings is 1.